The molecule has 1 aliphatic rings. The highest BCUT2D eigenvalue weighted by Gasteiger charge is 2.25. The molecule has 0 aromatic rings. The van der Waals surface area contributed by atoms with Crippen LogP contribution in [0, 0.1) is 5.92 Å². The summed E-state index contributed by atoms with van der Waals surface area (Å²) in [5.74, 6) is -0.00449. The van der Waals surface area contributed by atoms with Crippen LogP contribution >= 0.6 is 0 Å². The fourth-order valence-corrected chi connectivity index (χ4v) is 1.74. The molecule has 0 saturated heterocycles. The SMILES string of the molecule is CCC(C)[C@H](N)C(=O)OC1CCCC1. The Labute approximate surface area is 86.0 Å². The van der Waals surface area contributed by atoms with Crippen molar-refractivity contribution in [2.45, 2.75) is 58.1 Å². The van der Waals surface area contributed by atoms with Crippen molar-refractivity contribution in [3.05, 3.63) is 0 Å². The van der Waals surface area contributed by atoms with Crippen LogP contribution in [0.3, 0.4) is 0 Å². The first-order valence-electron chi connectivity index (χ1n) is 5.61. The Morgan fingerprint density at radius 3 is 2.57 bits per heavy atom. The lowest BCUT2D eigenvalue weighted by Gasteiger charge is -2.19. The van der Waals surface area contributed by atoms with Crippen LogP contribution in [0.15, 0.2) is 0 Å². The summed E-state index contributed by atoms with van der Waals surface area (Å²) in [6.07, 6.45) is 5.43. The van der Waals surface area contributed by atoms with Crippen LogP contribution in [0.25, 0.3) is 0 Å². The van der Waals surface area contributed by atoms with Crippen molar-refractivity contribution < 1.29 is 9.53 Å². The topological polar surface area (TPSA) is 52.3 Å². The van der Waals surface area contributed by atoms with E-state index >= 15 is 0 Å². The highest BCUT2D eigenvalue weighted by molar-refractivity contribution is 5.76. The standard InChI is InChI=1S/C11H21NO2/c1-3-8(2)10(12)11(13)14-9-6-4-5-7-9/h8-10H,3-7,12H2,1-2H3/t8?,10-/m0/s1. The van der Waals surface area contributed by atoms with Crippen molar-refractivity contribution in [1.82, 2.24) is 0 Å². The lowest BCUT2D eigenvalue weighted by atomic mass is 10.0. The summed E-state index contributed by atoms with van der Waals surface area (Å²) in [5, 5.41) is 0. The van der Waals surface area contributed by atoms with Crippen LogP contribution in [-0.4, -0.2) is 18.1 Å². The van der Waals surface area contributed by atoms with Gasteiger partial charge in [-0.25, -0.2) is 0 Å². The average molecular weight is 199 g/mol. The van der Waals surface area contributed by atoms with Crippen molar-refractivity contribution in [2.24, 2.45) is 11.7 Å². The van der Waals surface area contributed by atoms with Crippen molar-refractivity contribution in [2.75, 3.05) is 0 Å². The Morgan fingerprint density at radius 1 is 1.50 bits per heavy atom. The second-order valence-electron chi connectivity index (χ2n) is 4.25. The van der Waals surface area contributed by atoms with E-state index in [9.17, 15) is 4.79 Å². The number of rotatable bonds is 4. The third-order valence-corrected chi connectivity index (χ3v) is 3.11. The number of carbonyl (C=O) groups excluding carboxylic acids is 1. The molecular weight excluding hydrogens is 178 g/mol. The molecule has 0 spiro atoms. The Morgan fingerprint density at radius 2 is 2.07 bits per heavy atom. The second kappa shape index (κ2) is 5.35. The molecule has 14 heavy (non-hydrogen) atoms. The number of carbonyl (C=O) groups is 1. The first-order valence-corrected chi connectivity index (χ1v) is 5.61. The predicted molar refractivity (Wildman–Crippen MR) is 55.8 cm³/mol. The molecule has 82 valence electrons. The molecule has 0 aliphatic heterocycles. The molecule has 1 rings (SSSR count). The minimum atomic E-state index is -0.444. The largest absolute Gasteiger partial charge is 0.461 e. The normalized spacial score (nSPS) is 21.9. The molecule has 1 fully saturated rings. The molecular formula is C11H21NO2. The number of nitrogens with two attached hydrogens (primary N) is 1. The van der Waals surface area contributed by atoms with Gasteiger partial charge in [0, 0.05) is 0 Å². The fraction of sp³-hybridized carbons (Fsp3) is 0.909. The van der Waals surface area contributed by atoms with E-state index in [4.69, 9.17) is 10.5 Å². The molecule has 0 amide bonds. The van der Waals surface area contributed by atoms with Crippen LogP contribution in [0.5, 0.6) is 0 Å². The summed E-state index contributed by atoms with van der Waals surface area (Å²) in [6, 6.07) is -0.444. The number of ether oxygens (including phenoxy) is 1. The van der Waals surface area contributed by atoms with Crippen molar-refractivity contribution in [3.63, 3.8) is 0 Å². The van der Waals surface area contributed by atoms with E-state index < -0.39 is 6.04 Å². The molecule has 2 N–H and O–H groups in total. The average Bonchev–Trinajstić information content (AvgIpc) is 2.68. The molecule has 0 bridgehead atoms. The summed E-state index contributed by atoms with van der Waals surface area (Å²) in [5.41, 5.74) is 5.77. The van der Waals surface area contributed by atoms with E-state index in [1.807, 2.05) is 13.8 Å². The van der Waals surface area contributed by atoms with Gasteiger partial charge in [-0.05, 0) is 31.6 Å². The minimum absolute atomic E-state index is 0.137. The molecule has 0 heterocycles. The lowest BCUT2D eigenvalue weighted by Crippen LogP contribution is -2.39. The highest BCUT2D eigenvalue weighted by atomic mass is 16.5. The highest BCUT2D eigenvalue weighted by Crippen LogP contribution is 2.21. The van der Waals surface area contributed by atoms with Gasteiger partial charge >= 0.3 is 5.97 Å². The third kappa shape index (κ3) is 2.98. The first-order chi connectivity index (χ1) is 6.65. The number of esters is 1. The summed E-state index contributed by atoms with van der Waals surface area (Å²) in [6.45, 7) is 4.02. The monoisotopic (exact) mass is 199 g/mol. The van der Waals surface area contributed by atoms with E-state index in [2.05, 4.69) is 0 Å². The van der Waals surface area contributed by atoms with Crippen LogP contribution in [-0.2, 0) is 9.53 Å². The van der Waals surface area contributed by atoms with Gasteiger partial charge in [0.05, 0.1) is 0 Å². The van der Waals surface area contributed by atoms with Crippen molar-refractivity contribution in [1.29, 1.82) is 0 Å². The van der Waals surface area contributed by atoms with Gasteiger partial charge in [-0.15, -0.1) is 0 Å². The molecule has 0 aromatic heterocycles. The zero-order valence-corrected chi connectivity index (χ0v) is 9.16. The van der Waals surface area contributed by atoms with Gasteiger partial charge in [0.2, 0.25) is 0 Å². The second-order valence-corrected chi connectivity index (χ2v) is 4.25. The summed E-state index contributed by atoms with van der Waals surface area (Å²) in [7, 11) is 0. The van der Waals surface area contributed by atoms with Gasteiger partial charge in [-0.1, -0.05) is 20.3 Å². The maximum absolute atomic E-state index is 11.6. The zero-order chi connectivity index (χ0) is 10.6. The molecule has 1 unspecified atom stereocenters. The Bertz CT molecular complexity index is 188. The van der Waals surface area contributed by atoms with E-state index in [1.54, 1.807) is 0 Å². The summed E-state index contributed by atoms with van der Waals surface area (Å²) >= 11 is 0. The van der Waals surface area contributed by atoms with Crippen LogP contribution < -0.4 is 5.73 Å². The molecule has 2 atom stereocenters. The van der Waals surface area contributed by atoms with Gasteiger partial charge in [0.25, 0.3) is 0 Å². The van der Waals surface area contributed by atoms with Crippen LogP contribution in [0.2, 0.25) is 0 Å². The van der Waals surface area contributed by atoms with E-state index in [0.29, 0.717) is 0 Å². The van der Waals surface area contributed by atoms with Crippen molar-refractivity contribution in [3.8, 4) is 0 Å². The Hall–Kier alpha value is -0.570. The van der Waals surface area contributed by atoms with Crippen molar-refractivity contribution >= 4 is 5.97 Å². The Balaban J connectivity index is 2.32. The molecule has 1 aliphatic carbocycles. The van der Waals surface area contributed by atoms with Gasteiger partial charge in [0.1, 0.15) is 12.1 Å². The van der Waals surface area contributed by atoms with E-state index in [-0.39, 0.29) is 18.0 Å². The van der Waals surface area contributed by atoms with Gasteiger partial charge in [0.15, 0.2) is 0 Å². The van der Waals surface area contributed by atoms with Crippen LogP contribution in [0.4, 0.5) is 0 Å². The maximum atomic E-state index is 11.6. The lowest BCUT2D eigenvalue weighted by molar-refractivity contribution is -0.151. The number of hydrogen-bond acceptors (Lipinski definition) is 3. The fourth-order valence-electron chi connectivity index (χ4n) is 1.74. The van der Waals surface area contributed by atoms with Gasteiger partial charge in [-0.2, -0.15) is 0 Å². The van der Waals surface area contributed by atoms with E-state index in [1.165, 1.54) is 12.8 Å². The van der Waals surface area contributed by atoms with Crippen LogP contribution in [0.1, 0.15) is 46.0 Å². The maximum Gasteiger partial charge on any atom is 0.323 e. The first kappa shape index (κ1) is 11.5. The Kier molecular flexibility index (Phi) is 4.39. The van der Waals surface area contributed by atoms with E-state index in [0.717, 1.165) is 19.3 Å². The number of hydrogen-bond donors (Lipinski definition) is 1. The quantitative estimate of drug-likeness (QED) is 0.703. The molecule has 0 radical (unpaired) electrons. The molecule has 3 heteroatoms. The summed E-state index contributed by atoms with van der Waals surface area (Å²) in [4.78, 5) is 11.6. The minimum Gasteiger partial charge on any atom is -0.461 e. The smallest absolute Gasteiger partial charge is 0.323 e. The molecule has 0 aromatic carbocycles. The van der Waals surface area contributed by atoms with Gasteiger partial charge < -0.3 is 10.5 Å². The third-order valence-electron chi connectivity index (χ3n) is 3.11. The predicted octanol–water partition coefficient (Wildman–Crippen LogP) is 1.85. The summed E-state index contributed by atoms with van der Waals surface area (Å²) < 4.78 is 5.33. The van der Waals surface area contributed by atoms with Gasteiger partial charge in [-0.3, -0.25) is 4.79 Å². The molecule has 1 saturated carbocycles. The molecule has 3 nitrogen and oxygen atoms in total. The zero-order valence-electron chi connectivity index (χ0n) is 9.16.